The number of anilines is 1. The summed E-state index contributed by atoms with van der Waals surface area (Å²) in [7, 11) is 1.19. The monoisotopic (exact) mass is 642 g/mol. The van der Waals surface area contributed by atoms with Crippen molar-refractivity contribution >= 4 is 40.3 Å². The van der Waals surface area contributed by atoms with Crippen molar-refractivity contribution in [2.45, 2.75) is 57.5 Å². The number of pyridine rings is 2. The van der Waals surface area contributed by atoms with Crippen LogP contribution in [0.4, 0.5) is 18.9 Å². The predicted octanol–water partition coefficient (Wildman–Crippen LogP) is 5.65. The van der Waals surface area contributed by atoms with Gasteiger partial charge in [-0.15, -0.1) is 0 Å². The summed E-state index contributed by atoms with van der Waals surface area (Å²) in [6.07, 6.45) is 0.0841. The third-order valence-corrected chi connectivity index (χ3v) is 8.24. The van der Waals surface area contributed by atoms with Gasteiger partial charge in [-0.3, -0.25) is 19.5 Å². The maximum Gasteiger partial charge on any atom is 0.411 e. The maximum absolute atomic E-state index is 14.2. The zero-order valence-corrected chi connectivity index (χ0v) is 25.4. The highest BCUT2D eigenvalue weighted by Crippen LogP contribution is 2.44. The Bertz CT molecular complexity index is 1800. The summed E-state index contributed by atoms with van der Waals surface area (Å²) in [6, 6.07) is 6.30. The molecule has 45 heavy (non-hydrogen) atoms. The number of carbonyl (C=O) groups excluding carboxylic acids is 2. The minimum Gasteiger partial charge on any atom is -0.476 e. The molecule has 1 fully saturated rings. The van der Waals surface area contributed by atoms with Crippen LogP contribution in [-0.2, 0) is 22.5 Å². The highest BCUT2D eigenvalue weighted by Gasteiger charge is 2.44. The molecule has 1 saturated carbocycles. The van der Waals surface area contributed by atoms with E-state index in [1.54, 1.807) is 49.1 Å². The zero-order valence-electron chi connectivity index (χ0n) is 24.7. The van der Waals surface area contributed by atoms with Crippen LogP contribution in [0.5, 0.6) is 5.75 Å². The summed E-state index contributed by atoms with van der Waals surface area (Å²) in [5.41, 5.74) is 6.78. The molecule has 2 aliphatic rings. The van der Waals surface area contributed by atoms with Gasteiger partial charge in [0, 0.05) is 18.9 Å². The molecule has 2 N–H and O–H groups in total. The number of carbonyl (C=O) groups is 2. The smallest absolute Gasteiger partial charge is 0.411 e. The van der Waals surface area contributed by atoms with Gasteiger partial charge < -0.3 is 19.8 Å². The van der Waals surface area contributed by atoms with Crippen molar-refractivity contribution in [1.29, 1.82) is 0 Å². The molecule has 1 aliphatic heterocycles. The first-order valence-electron chi connectivity index (χ1n) is 14.3. The molecule has 1 atom stereocenters. The number of aromatic nitrogens is 4. The fourth-order valence-electron chi connectivity index (χ4n) is 5.64. The van der Waals surface area contributed by atoms with Crippen molar-refractivity contribution in [2.24, 2.45) is 11.7 Å². The number of ether oxygens (including phenoxy) is 2. The molecule has 6 rings (SSSR count). The van der Waals surface area contributed by atoms with Crippen molar-refractivity contribution < 1.29 is 32.2 Å². The molecule has 236 valence electrons. The van der Waals surface area contributed by atoms with Gasteiger partial charge >= 0.3 is 6.18 Å². The molecule has 0 bridgehead atoms. The number of halogens is 4. The maximum atomic E-state index is 14.2. The molecule has 4 aromatic rings. The first-order chi connectivity index (χ1) is 21.3. The number of nitrogens with two attached hydrogens (primary N) is 1. The highest BCUT2D eigenvalue weighted by atomic mass is 35.5. The third kappa shape index (κ3) is 5.82. The van der Waals surface area contributed by atoms with Crippen LogP contribution < -0.4 is 15.4 Å². The van der Waals surface area contributed by atoms with Crippen molar-refractivity contribution in [3.8, 4) is 16.9 Å². The number of nitrogens with zero attached hydrogens (tertiary/aromatic N) is 5. The Hall–Kier alpha value is -4.23. The van der Waals surface area contributed by atoms with E-state index in [0.717, 1.165) is 23.7 Å². The normalized spacial score (nSPS) is 16.9. The van der Waals surface area contributed by atoms with E-state index >= 15 is 0 Å². The summed E-state index contributed by atoms with van der Waals surface area (Å²) in [5.74, 6) is -0.519. The Morgan fingerprint density at radius 1 is 1.22 bits per heavy atom. The number of alkyl halides is 3. The highest BCUT2D eigenvalue weighted by molar-refractivity contribution is 6.30. The molecule has 0 radical (unpaired) electrons. The number of benzene rings is 1. The molecular formula is C31H30ClF3N6O4. The molecule has 0 spiro atoms. The number of primary amides is 1. The summed E-state index contributed by atoms with van der Waals surface area (Å²) in [6.45, 7) is 2.75. The van der Waals surface area contributed by atoms with E-state index in [2.05, 4.69) is 15.0 Å². The number of hydrogen-bond acceptors (Lipinski definition) is 7. The van der Waals surface area contributed by atoms with Crippen LogP contribution in [0.15, 0.2) is 42.9 Å². The molecule has 1 unspecified atom stereocenters. The molecular weight excluding hydrogens is 613 g/mol. The lowest BCUT2D eigenvalue weighted by molar-refractivity contribution is -0.178. The van der Waals surface area contributed by atoms with E-state index in [1.165, 1.54) is 13.3 Å². The topological polar surface area (TPSA) is 125 Å². The van der Waals surface area contributed by atoms with Crippen LogP contribution in [0.3, 0.4) is 0 Å². The van der Waals surface area contributed by atoms with Gasteiger partial charge in [0.05, 0.1) is 47.1 Å². The van der Waals surface area contributed by atoms with Gasteiger partial charge in [-0.2, -0.15) is 13.2 Å². The second-order valence-electron chi connectivity index (χ2n) is 11.8. The summed E-state index contributed by atoms with van der Waals surface area (Å²) in [4.78, 5) is 41.3. The first kappa shape index (κ1) is 30.8. The Kier molecular flexibility index (Phi) is 7.72. The van der Waals surface area contributed by atoms with E-state index in [1.807, 2.05) is 0 Å². The number of imidazole rings is 1. The van der Waals surface area contributed by atoms with Gasteiger partial charge in [-0.1, -0.05) is 17.7 Å². The Morgan fingerprint density at radius 3 is 2.60 bits per heavy atom. The SMILES string of the molecule is COCC(n1cnc2c(-c3ccc4c(c3)OC(C)(C)C(=O)N4Cc3ccc(Cl)cn3)c(C(N)=O)c(CC3CC3)nc21)C(F)(F)F. The molecule has 4 heterocycles. The summed E-state index contributed by atoms with van der Waals surface area (Å²) < 4.78 is 54.5. The van der Waals surface area contributed by atoms with Gasteiger partial charge in [-0.25, -0.2) is 9.97 Å². The summed E-state index contributed by atoms with van der Waals surface area (Å²) >= 11 is 5.99. The van der Waals surface area contributed by atoms with E-state index < -0.39 is 30.3 Å². The molecule has 2 amide bonds. The van der Waals surface area contributed by atoms with Crippen molar-refractivity contribution in [3.05, 3.63) is 64.8 Å². The van der Waals surface area contributed by atoms with Crippen LogP contribution in [-0.4, -0.2) is 56.8 Å². The van der Waals surface area contributed by atoms with Gasteiger partial charge in [0.2, 0.25) is 0 Å². The lowest BCUT2D eigenvalue weighted by atomic mass is 9.94. The van der Waals surface area contributed by atoms with Crippen LogP contribution in [0.1, 0.15) is 54.5 Å². The van der Waals surface area contributed by atoms with E-state index in [0.29, 0.717) is 39.8 Å². The summed E-state index contributed by atoms with van der Waals surface area (Å²) in [5, 5.41) is 0.457. The fraction of sp³-hybridized carbons (Fsp3) is 0.387. The Labute approximate surface area is 261 Å². The Morgan fingerprint density at radius 2 is 1.98 bits per heavy atom. The van der Waals surface area contributed by atoms with Crippen molar-refractivity contribution in [1.82, 2.24) is 19.5 Å². The predicted molar refractivity (Wildman–Crippen MR) is 160 cm³/mol. The zero-order chi connectivity index (χ0) is 32.3. The Balaban J connectivity index is 1.54. The van der Waals surface area contributed by atoms with Crippen LogP contribution >= 0.6 is 11.6 Å². The van der Waals surface area contributed by atoms with Crippen molar-refractivity contribution in [3.63, 3.8) is 0 Å². The average Bonchev–Trinajstić information content (AvgIpc) is 3.69. The molecule has 0 saturated heterocycles. The lowest BCUT2D eigenvalue weighted by Gasteiger charge is -2.39. The fourth-order valence-corrected chi connectivity index (χ4v) is 5.75. The number of rotatable bonds is 9. The average molecular weight is 643 g/mol. The lowest BCUT2D eigenvalue weighted by Crippen LogP contribution is -2.52. The number of amides is 2. The minimum absolute atomic E-state index is 0.0467. The quantitative estimate of drug-likeness (QED) is 0.250. The van der Waals surface area contributed by atoms with Crippen LogP contribution in [0.2, 0.25) is 5.02 Å². The molecule has 1 aliphatic carbocycles. The second kappa shape index (κ2) is 11.3. The van der Waals surface area contributed by atoms with Crippen LogP contribution in [0, 0.1) is 5.92 Å². The standard InChI is InChI=1S/C31H30ClF3N6O4/c1-30(2)29(43)40(13-19-8-7-18(32)12-37-19)21-9-6-17(11-22(21)45-30)24-25(27(36)42)20(10-16-4-5-16)39-28-26(24)38-15-41(28)23(14-44-3)31(33,34)35/h6-9,11-12,15-16,23H,4-5,10,13-14H2,1-3H3,(H2,36,42). The number of methoxy groups -OCH3 is 1. The molecule has 14 heteroatoms. The van der Waals surface area contributed by atoms with Gasteiger partial charge in [0.15, 0.2) is 17.3 Å². The third-order valence-electron chi connectivity index (χ3n) is 8.02. The van der Waals surface area contributed by atoms with Crippen molar-refractivity contribution in [2.75, 3.05) is 18.6 Å². The number of fused-ring (bicyclic) bond motifs is 2. The van der Waals surface area contributed by atoms with Gasteiger partial charge in [-0.05, 0) is 68.9 Å². The van der Waals surface area contributed by atoms with E-state index in [9.17, 15) is 22.8 Å². The molecule has 1 aromatic carbocycles. The van der Waals surface area contributed by atoms with Crippen LogP contribution in [0.25, 0.3) is 22.3 Å². The van der Waals surface area contributed by atoms with E-state index in [4.69, 9.17) is 26.8 Å². The number of hydrogen-bond donors (Lipinski definition) is 1. The second-order valence-corrected chi connectivity index (χ2v) is 12.2. The van der Waals surface area contributed by atoms with Gasteiger partial charge in [0.25, 0.3) is 11.8 Å². The van der Waals surface area contributed by atoms with E-state index in [-0.39, 0.29) is 40.7 Å². The molecule has 3 aromatic heterocycles. The first-order valence-corrected chi connectivity index (χ1v) is 14.7. The minimum atomic E-state index is -4.66. The largest absolute Gasteiger partial charge is 0.476 e. The van der Waals surface area contributed by atoms with Gasteiger partial charge in [0.1, 0.15) is 11.3 Å². The molecule has 10 nitrogen and oxygen atoms in total.